The standard InChI is InChI=1S/C14H17N3O2S/c1-8-6-20-12-11(8)15-7-16-13(12)17-10-5-3-2-4-9(10)14(18)19/h6-7,9-10H,2-5H2,1H3,(H,18,19)(H,15,16,17). The number of thiophene rings is 1. The van der Waals surface area contributed by atoms with E-state index in [0.29, 0.717) is 0 Å². The Morgan fingerprint density at radius 1 is 1.40 bits per heavy atom. The van der Waals surface area contributed by atoms with E-state index < -0.39 is 5.97 Å². The Balaban J connectivity index is 1.90. The van der Waals surface area contributed by atoms with Crippen LogP contribution in [0.3, 0.4) is 0 Å². The van der Waals surface area contributed by atoms with Crippen LogP contribution in [0.25, 0.3) is 10.2 Å². The van der Waals surface area contributed by atoms with Crippen molar-refractivity contribution < 1.29 is 9.90 Å². The van der Waals surface area contributed by atoms with Gasteiger partial charge in [0.05, 0.1) is 16.1 Å². The van der Waals surface area contributed by atoms with E-state index in [2.05, 4.69) is 20.7 Å². The van der Waals surface area contributed by atoms with Crippen LogP contribution in [0.5, 0.6) is 0 Å². The van der Waals surface area contributed by atoms with Crippen molar-refractivity contribution in [2.75, 3.05) is 5.32 Å². The van der Waals surface area contributed by atoms with Crippen LogP contribution in [-0.4, -0.2) is 27.1 Å². The van der Waals surface area contributed by atoms with Gasteiger partial charge < -0.3 is 10.4 Å². The summed E-state index contributed by atoms with van der Waals surface area (Å²) in [5.74, 6) is -0.268. The Kier molecular flexibility index (Phi) is 3.56. The number of fused-ring (bicyclic) bond motifs is 1. The lowest BCUT2D eigenvalue weighted by molar-refractivity contribution is -0.143. The fourth-order valence-electron chi connectivity index (χ4n) is 2.85. The molecule has 0 amide bonds. The molecule has 106 valence electrons. The van der Waals surface area contributed by atoms with Crippen molar-refractivity contribution in [1.29, 1.82) is 0 Å². The maximum Gasteiger partial charge on any atom is 0.308 e. The van der Waals surface area contributed by atoms with Crippen molar-refractivity contribution in [1.82, 2.24) is 9.97 Å². The minimum Gasteiger partial charge on any atom is -0.481 e. The van der Waals surface area contributed by atoms with E-state index in [9.17, 15) is 9.90 Å². The van der Waals surface area contributed by atoms with Gasteiger partial charge in [-0.05, 0) is 30.7 Å². The normalized spacial score (nSPS) is 22.9. The van der Waals surface area contributed by atoms with Crippen LogP contribution in [-0.2, 0) is 4.79 Å². The molecular formula is C14H17N3O2S. The minimum absolute atomic E-state index is 0.0400. The molecule has 6 heteroatoms. The quantitative estimate of drug-likeness (QED) is 0.909. The van der Waals surface area contributed by atoms with Crippen LogP contribution in [0.1, 0.15) is 31.2 Å². The first-order valence-electron chi connectivity index (χ1n) is 6.85. The zero-order valence-corrected chi connectivity index (χ0v) is 12.1. The first-order chi connectivity index (χ1) is 9.66. The fraction of sp³-hybridized carbons (Fsp3) is 0.500. The molecule has 0 saturated heterocycles. The first-order valence-corrected chi connectivity index (χ1v) is 7.73. The molecule has 2 heterocycles. The lowest BCUT2D eigenvalue weighted by Gasteiger charge is -2.29. The van der Waals surface area contributed by atoms with Gasteiger partial charge in [0.2, 0.25) is 0 Å². The second-order valence-electron chi connectivity index (χ2n) is 5.30. The number of carboxylic acids is 1. The molecule has 2 aromatic heterocycles. The summed E-state index contributed by atoms with van der Waals surface area (Å²) in [6, 6.07) is -0.0400. The lowest BCUT2D eigenvalue weighted by atomic mass is 9.84. The van der Waals surface area contributed by atoms with E-state index in [1.807, 2.05) is 6.92 Å². The van der Waals surface area contributed by atoms with Crippen molar-refractivity contribution in [3.05, 3.63) is 17.3 Å². The van der Waals surface area contributed by atoms with Crippen molar-refractivity contribution in [2.24, 2.45) is 5.92 Å². The van der Waals surface area contributed by atoms with Gasteiger partial charge in [-0.15, -0.1) is 11.3 Å². The molecule has 5 nitrogen and oxygen atoms in total. The Labute approximate surface area is 121 Å². The molecule has 2 N–H and O–H groups in total. The van der Waals surface area contributed by atoms with Crippen molar-refractivity contribution in [3.63, 3.8) is 0 Å². The number of rotatable bonds is 3. The molecule has 0 aromatic carbocycles. The Bertz CT molecular complexity index is 640. The van der Waals surface area contributed by atoms with Crippen molar-refractivity contribution >= 4 is 33.3 Å². The Morgan fingerprint density at radius 2 is 2.20 bits per heavy atom. The molecule has 1 aliphatic rings. The number of anilines is 1. The molecule has 3 rings (SSSR count). The molecule has 2 aromatic rings. The highest BCUT2D eigenvalue weighted by Crippen LogP contribution is 2.32. The van der Waals surface area contributed by atoms with Gasteiger partial charge in [0.25, 0.3) is 0 Å². The number of nitrogens with one attached hydrogen (secondary N) is 1. The molecule has 2 unspecified atom stereocenters. The van der Waals surface area contributed by atoms with Gasteiger partial charge in [0.15, 0.2) is 0 Å². The van der Waals surface area contributed by atoms with Gasteiger partial charge in [-0.25, -0.2) is 9.97 Å². The highest BCUT2D eigenvalue weighted by molar-refractivity contribution is 7.18. The van der Waals surface area contributed by atoms with Gasteiger partial charge in [-0.3, -0.25) is 4.79 Å². The molecule has 2 atom stereocenters. The molecule has 1 fully saturated rings. The number of hydrogen-bond acceptors (Lipinski definition) is 5. The van der Waals surface area contributed by atoms with E-state index in [-0.39, 0.29) is 12.0 Å². The topological polar surface area (TPSA) is 75.1 Å². The molecule has 0 spiro atoms. The van der Waals surface area contributed by atoms with Gasteiger partial charge in [-0.1, -0.05) is 12.8 Å². The van der Waals surface area contributed by atoms with Crippen LogP contribution < -0.4 is 5.32 Å². The maximum atomic E-state index is 11.4. The van der Waals surface area contributed by atoms with Gasteiger partial charge in [-0.2, -0.15) is 0 Å². The van der Waals surface area contributed by atoms with Crippen LogP contribution >= 0.6 is 11.3 Å². The average Bonchev–Trinajstić information content (AvgIpc) is 2.82. The highest BCUT2D eigenvalue weighted by atomic mass is 32.1. The number of nitrogens with zero attached hydrogens (tertiary/aromatic N) is 2. The van der Waals surface area contributed by atoms with Gasteiger partial charge in [0.1, 0.15) is 12.1 Å². The molecule has 0 bridgehead atoms. The number of aryl methyl sites for hydroxylation is 1. The summed E-state index contributed by atoms with van der Waals surface area (Å²) in [4.78, 5) is 19.9. The van der Waals surface area contributed by atoms with E-state index in [1.165, 1.54) is 0 Å². The number of aliphatic carboxylic acids is 1. The molecule has 0 radical (unpaired) electrons. The fourth-order valence-corrected chi connectivity index (χ4v) is 3.80. The summed E-state index contributed by atoms with van der Waals surface area (Å²) in [6.45, 7) is 2.02. The van der Waals surface area contributed by atoms with Crippen LogP contribution in [0.2, 0.25) is 0 Å². The number of carboxylic acid groups (broad SMARTS) is 1. The second kappa shape index (κ2) is 5.36. The predicted octanol–water partition coefficient (Wildman–Crippen LogP) is 3.06. The van der Waals surface area contributed by atoms with E-state index in [0.717, 1.165) is 47.3 Å². The third kappa shape index (κ3) is 2.35. The summed E-state index contributed by atoms with van der Waals surface area (Å²) < 4.78 is 1.01. The largest absolute Gasteiger partial charge is 0.481 e. The van der Waals surface area contributed by atoms with Crippen LogP contribution in [0.4, 0.5) is 5.82 Å². The predicted molar refractivity (Wildman–Crippen MR) is 79.2 cm³/mol. The zero-order valence-electron chi connectivity index (χ0n) is 11.3. The van der Waals surface area contributed by atoms with Gasteiger partial charge in [0, 0.05) is 6.04 Å². The number of aromatic nitrogens is 2. The summed E-state index contributed by atoms with van der Waals surface area (Å²) >= 11 is 1.60. The van der Waals surface area contributed by atoms with E-state index >= 15 is 0 Å². The molecule has 1 saturated carbocycles. The first kappa shape index (κ1) is 13.3. The zero-order chi connectivity index (χ0) is 14.1. The molecular weight excluding hydrogens is 274 g/mol. The summed E-state index contributed by atoms with van der Waals surface area (Å²) in [6.07, 6.45) is 5.23. The average molecular weight is 291 g/mol. The van der Waals surface area contributed by atoms with Crippen molar-refractivity contribution in [2.45, 2.75) is 38.6 Å². The van der Waals surface area contributed by atoms with Gasteiger partial charge >= 0.3 is 5.97 Å². The number of carbonyl (C=O) groups is 1. The van der Waals surface area contributed by atoms with E-state index in [4.69, 9.17) is 0 Å². The minimum atomic E-state index is -0.713. The monoisotopic (exact) mass is 291 g/mol. The molecule has 20 heavy (non-hydrogen) atoms. The summed E-state index contributed by atoms with van der Waals surface area (Å²) in [5.41, 5.74) is 2.09. The smallest absolute Gasteiger partial charge is 0.308 e. The SMILES string of the molecule is Cc1csc2c(NC3CCCCC3C(=O)O)ncnc12. The third-order valence-corrected chi connectivity index (χ3v) is 5.03. The number of hydrogen-bond donors (Lipinski definition) is 2. The third-order valence-electron chi connectivity index (χ3n) is 3.94. The van der Waals surface area contributed by atoms with Crippen LogP contribution in [0.15, 0.2) is 11.7 Å². The summed E-state index contributed by atoms with van der Waals surface area (Å²) in [5, 5.41) is 14.7. The Morgan fingerprint density at radius 3 is 3.00 bits per heavy atom. The van der Waals surface area contributed by atoms with E-state index in [1.54, 1.807) is 17.7 Å². The summed E-state index contributed by atoms with van der Waals surface area (Å²) in [7, 11) is 0. The molecule has 0 aliphatic heterocycles. The van der Waals surface area contributed by atoms with Crippen LogP contribution in [0, 0.1) is 12.8 Å². The Hall–Kier alpha value is -1.69. The second-order valence-corrected chi connectivity index (χ2v) is 6.18. The van der Waals surface area contributed by atoms with Crippen molar-refractivity contribution in [3.8, 4) is 0 Å². The maximum absolute atomic E-state index is 11.4. The highest BCUT2D eigenvalue weighted by Gasteiger charge is 2.31. The lowest BCUT2D eigenvalue weighted by Crippen LogP contribution is -2.37. The molecule has 1 aliphatic carbocycles.